The lowest BCUT2D eigenvalue weighted by Gasteiger charge is -2.23. The van der Waals surface area contributed by atoms with Crippen LogP contribution in [0, 0.1) is 6.92 Å². The quantitative estimate of drug-likeness (QED) is 0.756. The van der Waals surface area contributed by atoms with E-state index in [1.807, 2.05) is 24.3 Å². The molecule has 4 N–H and O–H groups in total. The second kappa shape index (κ2) is 7.96. The van der Waals surface area contributed by atoms with Crippen LogP contribution >= 0.6 is 0 Å². The van der Waals surface area contributed by atoms with Crippen LogP contribution in [-0.4, -0.2) is 38.1 Å². The van der Waals surface area contributed by atoms with Crippen molar-refractivity contribution in [1.29, 1.82) is 0 Å². The molecule has 0 aliphatic heterocycles. The number of nitrogen functional groups attached to an aromatic ring is 1. The number of nitrogens with two attached hydrogens (primary N) is 1. The third-order valence-electron chi connectivity index (χ3n) is 4.17. The van der Waals surface area contributed by atoms with Gasteiger partial charge in [0.25, 0.3) is 5.91 Å². The monoisotopic (exact) mass is 367 g/mol. The average Bonchev–Trinajstić information content (AvgIpc) is 3.16. The number of allylic oxidation sites excluding steroid dienone is 3. The molecule has 1 amide bonds. The number of hydrogen-bond donors (Lipinski definition) is 3. The Morgan fingerprint density at radius 3 is 2.96 bits per heavy atom. The van der Waals surface area contributed by atoms with Gasteiger partial charge in [-0.15, -0.1) is 0 Å². The highest BCUT2D eigenvalue weighted by Crippen LogP contribution is 2.21. The number of aromatic nitrogens is 3. The molecule has 27 heavy (non-hydrogen) atoms. The molecule has 0 saturated carbocycles. The highest BCUT2D eigenvalue weighted by atomic mass is 16.3. The van der Waals surface area contributed by atoms with E-state index in [1.54, 1.807) is 6.92 Å². The highest BCUT2D eigenvalue weighted by molar-refractivity contribution is 5.96. The lowest BCUT2D eigenvalue weighted by atomic mass is 10.0. The molecule has 0 aromatic carbocycles. The van der Waals surface area contributed by atoms with Gasteiger partial charge in [0.05, 0.1) is 24.0 Å². The first kappa shape index (κ1) is 18.5. The van der Waals surface area contributed by atoms with Crippen molar-refractivity contribution in [1.82, 2.24) is 20.3 Å². The number of amides is 1. The molecule has 2 aromatic rings. The molecular weight excluding hydrogens is 346 g/mol. The van der Waals surface area contributed by atoms with Gasteiger partial charge in [-0.05, 0) is 19.8 Å². The summed E-state index contributed by atoms with van der Waals surface area (Å²) in [6.07, 6.45) is 10.4. The predicted molar refractivity (Wildman–Crippen MR) is 101 cm³/mol. The van der Waals surface area contributed by atoms with E-state index >= 15 is 0 Å². The van der Waals surface area contributed by atoms with Crippen molar-refractivity contribution in [3.05, 3.63) is 60.3 Å². The molecule has 0 saturated heterocycles. The number of anilines is 1. The minimum absolute atomic E-state index is 0.00388. The lowest BCUT2D eigenvalue weighted by Crippen LogP contribution is -2.43. The van der Waals surface area contributed by atoms with E-state index in [0.717, 1.165) is 5.57 Å². The van der Waals surface area contributed by atoms with Crippen LogP contribution in [0.3, 0.4) is 0 Å². The van der Waals surface area contributed by atoms with Gasteiger partial charge in [-0.3, -0.25) is 4.79 Å². The van der Waals surface area contributed by atoms with E-state index in [-0.39, 0.29) is 17.4 Å². The Bertz CT molecular complexity index is 902. The van der Waals surface area contributed by atoms with E-state index in [9.17, 15) is 9.90 Å². The molecule has 2 heterocycles. The number of nitrogens with zero attached hydrogens (tertiary/aromatic N) is 3. The molecule has 8 heteroatoms. The molecule has 2 aromatic heterocycles. The van der Waals surface area contributed by atoms with Gasteiger partial charge in [-0.2, -0.15) is 0 Å². The SMILES string of the molecule is C=C1/C=C\C=C/C[C@@H](NC(=O)c2nc(C)c(-c3ncco3)nc2N)[C@@H](O)C1. The molecule has 8 nitrogen and oxygen atoms in total. The Kier molecular flexibility index (Phi) is 5.46. The normalized spacial score (nSPS) is 22.4. The lowest BCUT2D eigenvalue weighted by molar-refractivity contribution is 0.0832. The number of aliphatic hydroxyl groups excluding tert-OH is 1. The zero-order valence-corrected chi connectivity index (χ0v) is 14.9. The number of carbonyl (C=O) groups excluding carboxylic acids is 1. The highest BCUT2D eigenvalue weighted by Gasteiger charge is 2.25. The second-order valence-corrected chi connectivity index (χ2v) is 6.26. The molecule has 0 fully saturated rings. The summed E-state index contributed by atoms with van der Waals surface area (Å²) in [6.45, 7) is 5.58. The minimum atomic E-state index is -0.782. The van der Waals surface area contributed by atoms with Crippen molar-refractivity contribution < 1.29 is 14.3 Å². The van der Waals surface area contributed by atoms with Crippen LogP contribution in [0.5, 0.6) is 0 Å². The van der Waals surface area contributed by atoms with Crippen LogP contribution < -0.4 is 11.1 Å². The first-order valence-corrected chi connectivity index (χ1v) is 8.49. The van der Waals surface area contributed by atoms with Crippen LogP contribution in [0.2, 0.25) is 0 Å². The number of carbonyl (C=O) groups is 1. The summed E-state index contributed by atoms with van der Waals surface area (Å²) in [5.74, 6) is -0.260. The zero-order chi connectivity index (χ0) is 19.4. The maximum absolute atomic E-state index is 12.7. The average molecular weight is 367 g/mol. The summed E-state index contributed by atoms with van der Waals surface area (Å²) in [6, 6.07) is -0.502. The molecule has 2 atom stereocenters. The standard InChI is InChI=1S/C19H21N5O3/c1-11-6-4-3-5-7-13(14(25)10-11)23-18(26)16-17(20)24-15(12(2)22-16)19-21-8-9-27-19/h3-6,8-9,13-14,25H,1,7,10H2,2H3,(H2,20,24)(H,23,26)/b5-3-,6-4-/t13-,14+/m1/s1. The van der Waals surface area contributed by atoms with Crippen molar-refractivity contribution in [3.8, 4) is 11.6 Å². The molecular formula is C19H21N5O3. The van der Waals surface area contributed by atoms with Crippen LogP contribution in [0.15, 0.2) is 53.3 Å². The van der Waals surface area contributed by atoms with E-state index in [2.05, 4.69) is 26.8 Å². The van der Waals surface area contributed by atoms with E-state index < -0.39 is 18.1 Å². The number of aryl methyl sites for hydroxylation is 1. The molecule has 1 aliphatic rings. The molecule has 1 aliphatic carbocycles. The fourth-order valence-corrected chi connectivity index (χ4v) is 2.77. The molecule has 0 bridgehead atoms. The summed E-state index contributed by atoms with van der Waals surface area (Å²) in [4.78, 5) is 25.2. The number of hydrogen-bond acceptors (Lipinski definition) is 7. The topological polar surface area (TPSA) is 127 Å². The van der Waals surface area contributed by atoms with Gasteiger partial charge >= 0.3 is 0 Å². The third-order valence-corrected chi connectivity index (χ3v) is 4.17. The summed E-state index contributed by atoms with van der Waals surface area (Å²) < 4.78 is 5.21. The minimum Gasteiger partial charge on any atom is -0.443 e. The fraction of sp³-hybridized carbons (Fsp3) is 0.263. The second-order valence-electron chi connectivity index (χ2n) is 6.26. The Balaban J connectivity index is 1.81. The van der Waals surface area contributed by atoms with Gasteiger partial charge in [0.2, 0.25) is 5.89 Å². The summed E-state index contributed by atoms with van der Waals surface area (Å²) >= 11 is 0. The first-order valence-electron chi connectivity index (χ1n) is 8.49. The fourth-order valence-electron chi connectivity index (χ4n) is 2.77. The van der Waals surface area contributed by atoms with Gasteiger partial charge in [0.1, 0.15) is 12.0 Å². The smallest absolute Gasteiger partial charge is 0.274 e. The molecule has 3 rings (SSSR count). The molecule has 140 valence electrons. The van der Waals surface area contributed by atoms with Gasteiger partial charge in [-0.25, -0.2) is 15.0 Å². The molecule has 0 unspecified atom stereocenters. The van der Waals surface area contributed by atoms with Crippen LogP contribution in [0.4, 0.5) is 5.82 Å². The van der Waals surface area contributed by atoms with Crippen molar-refractivity contribution in [2.45, 2.75) is 31.9 Å². The summed E-state index contributed by atoms with van der Waals surface area (Å²) in [5, 5.41) is 13.2. The number of aliphatic hydroxyl groups is 1. The van der Waals surface area contributed by atoms with Gasteiger partial charge in [0.15, 0.2) is 11.5 Å². The maximum Gasteiger partial charge on any atom is 0.274 e. The van der Waals surface area contributed by atoms with Crippen LogP contribution in [-0.2, 0) is 0 Å². The Labute approximate surface area is 156 Å². The first-order chi connectivity index (χ1) is 13.0. The maximum atomic E-state index is 12.7. The van der Waals surface area contributed by atoms with Gasteiger partial charge in [-0.1, -0.05) is 36.5 Å². The van der Waals surface area contributed by atoms with E-state index in [1.165, 1.54) is 12.5 Å². The van der Waals surface area contributed by atoms with Gasteiger partial charge < -0.3 is 20.6 Å². The Morgan fingerprint density at radius 2 is 2.22 bits per heavy atom. The van der Waals surface area contributed by atoms with E-state index in [0.29, 0.717) is 24.2 Å². The number of nitrogens with one attached hydrogen (secondary N) is 1. The van der Waals surface area contributed by atoms with Crippen LogP contribution in [0.25, 0.3) is 11.6 Å². The number of oxazole rings is 1. The van der Waals surface area contributed by atoms with Crippen molar-refractivity contribution in [3.63, 3.8) is 0 Å². The van der Waals surface area contributed by atoms with Crippen LogP contribution in [0.1, 0.15) is 29.0 Å². The van der Waals surface area contributed by atoms with E-state index in [4.69, 9.17) is 10.2 Å². The summed E-state index contributed by atoms with van der Waals surface area (Å²) in [7, 11) is 0. The number of rotatable bonds is 3. The predicted octanol–water partition coefficient (Wildman–Crippen LogP) is 1.94. The van der Waals surface area contributed by atoms with Crippen molar-refractivity contribution in [2.24, 2.45) is 0 Å². The Hall–Kier alpha value is -3.26. The third kappa shape index (κ3) is 4.29. The molecule has 0 radical (unpaired) electrons. The van der Waals surface area contributed by atoms with Gasteiger partial charge in [0, 0.05) is 0 Å². The Morgan fingerprint density at radius 1 is 1.41 bits per heavy atom. The summed E-state index contributed by atoms with van der Waals surface area (Å²) in [5.41, 5.74) is 7.55. The van der Waals surface area contributed by atoms with Crippen molar-refractivity contribution in [2.75, 3.05) is 5.73 Å². The largest absolute Gasteiger partial charge is 0.443 e. The van der Waals surface area contributed by atoms with Crippen molar-refractivity contribution >= 4 is 11.7 Å². The zero-order valence-electron chi connectivity index (χ0n) is 14.9. The molecule has 0 spiro atoms.